The number of ether oxygens (including phenoxy) is 1. The number of hydrogen-bond donors (Lipinski definition) is 1. The number of nitrogens with one attached hydrogen (secondary N) is 1. The molecular weight excluding hydrogens is 457 g/mol. The third kappa shape index (κ3) is 40.1. The predicted octanol–water partition coefficient (Wildman–Crippen LogP) is 2.65. The van der Waals surface area contributed by atoms with Crippen molar-refractivity contribution in [2.45, 2.75) is 32.8 Å². The van der Waals surface area contributed by atoms with Crippen molar-refractivity contribution in [1.82, 2.24) is 0 Å². The monoisotopic (exact) mass is 475 g/mol. The average Bonchev–Trinajstić information content (AvgIpc) is 1.84. The molecule has 0 saturated carbocycles. The minimum Gasteiger partial charge on any atom is -0.632 e. The Bertz CT molecular complexity index is 161. The van der Waals surface area contributed by atoms with Crippen molar-refractivity contribution in [2.75, 3.05) is 0 Å². The zero-order valence-corrected chi connectivity index (χ0v) is 15.0. The van der Waals surface area contributed by atoms with Gasteiger partial charge in [0.05, 0.1) is 0 Å². The second-order valence-electron chi connectivity index (χ2n) is 3.26. The van der Waals surface area contributed by atoms with E-state index in [9.17, 15) is 4.79 Å². The maximum Gasteiger partial charge on any atom is 2.00 e. The normalized spacial score (nSPS) is 8.27. The van der Waals surface area contributed by atoms with E-state index in [0.717, 1.165) is 6.42 Å². The van der Waals surface area contributed by atoms with Crippen LogP contribution in [-0.4, -0.2) is 11.7 Å². The Balaban J connectivity index is -0.0000000770. The average molecular weight is 475 g/mol. The predicted molar refractivity (Wildman–Crippen MR) is 53.9 cm³/mol. The van der Waals surface area contributed by atoms with Gasteiger partial charge in [0.25, 0.3) is 0 Å². The number of hydrogen-bond acceptors (Lipinski definition) is 3. The molecule has 0 spiro atoms. The van der Waals surface area contributed by atoms with Crippen LogP contribution in [0, 0.1) is 37.7 Å². The van der Waals surface area contributed by atoms with E-state index in [2.05, 4.69) is 11.3 Å². The van der Waals surface area contributed by atoms with Crippen LogP contribution in [0.1, 0.15) is 27.2 Å². The quantitative estimate of drug-likeness (QED) is 0.493. The van der Waals surface area contributed by atoms with Gasteiger partial charge in [-0.05, 0) is 20.8 Å². The Morgan fingerprint density at radius 3 is 2.00 bits per heavy atom. The third-order valence-electron chi connectivity index (χ3n) is 0.702. The van der Waals surface area contributed by atoms with Crippen LogP contribution in [-0.2, 0) is 23.3 Å². The van der Waals surface area contributed by atoms with E-state index >= 15 is 0 Å². The molecule has 0 aromatic heterocycles. The molecule has 0 bridgehead atoms. The standard InChI is InChI=1S/C5H11NO2.C4H8N.U.V/c1-5(2,3)8-4(6)7;1-2-3-4-5;;/h1-3H3,(H2,6,7);2,4H,1,3,5H2;;/q;-1;+2;/p-1. The summed E-state index contributed by atoms with van der Waals surface area (Å²) in [5.74, 6) is 0. The summed E-state index contributed by atoms with van der Waals surface area (Å²) >= 11 is 0. The van der Waals surface area contributed by atoms with Crippen LogP contribution in [0.15, 0.2) is 12.7 Å². The Kier molecular flexibility index (Phi) is 24.1. The number of carbonyl (C=O) groups excluding carboxylic acids is 1. The van der Waals surface area contributed by atoms with Gasteiger partial charge in [0.1, 0.15) is 5.60 Å². The van der Waals surface area contributed by atoms with Gasteiger partial charge in [-0.15, -0.1) is 19.1 Å². The van der Waals surface area contributed by atoms with Crippen LogP contribution in [0.5, 0.6) is 0 Å². The van der Waals surface area contributed by atoms with E-state index < -0.39 is 11.7 Å². The fourth-order valence-corrected chi connectivity index (χ4v) is 0.374. The number of rotatable bonds is 2. The molecule has 15 heavy (non-hydrogen) atoms. The molecule has 0 rings (SSSR count). The topological polar surface area (TPSA) is 76.1 Å². The van der Waals surface area contributed by atoms with E-state index in [-0.39, 0.29) is 49.7 Å². The van der Waals surface area contributed by atoms with Crippen LogP contribution in [0.3, 0.4) is 0 Å². The van der Waals surface area contributed by atoms with Gasteiger partial charge in [-0.2, -0.15) is 0 Å². The summed E-state index contributed by atoms with van der Waals surface area (Å²) in [5.41, 5.74) is 10.8. The SMILES string of the molecule is C=CC[CH-]N.CC(C)(C)OC([NH-])=O.[U+2].[V]. The summed E-state index contributed by atoms with van der Waals surface area (Å²) in [5, 5.41) is 0. The van der Waals surface area contributed by atoms with Crippen molar-refractivity contribution in [3.05, 3.63) is 24.9 Å². The van der Waals surface area contributed by atoms with E-state index in [0.29, 0.717) is 0 Å². The van der Waals surface area contributed by atoms with Gasteiger partial charge in [0.2, 0.25) is 6.09 Å². The molecule has 0 saturated heterocycles. The van der Waals surface area contributed by atoms with Crippen LogP contribution in [0.25, 0.3) is 5.73 Å². The molecule has 3 N–H and O–H groups in total. The van der Waals surface area contributed by atoms with Crippen molar-refractivity contribution < 1.29 is 59.2 Å². The zero-order valence-electron chi connectivity index (χ0n) is 9.41. The van der Waals surface area contributed by atoms with Gasteiger partial charge >= 0.3 is 31.1 Å². The molecule has 1 amide bonds. The minimum absolute atomic E-state index is 0. The van der Waals surface area contributed by atoms with Crippen molar-refractivity contribution in [3.63, 3.8) is 0 Å². The Morgan fingerprint density at radius 2 is 2.00 bits per heavy atom. The molecule has 0 fully saturated rings. The van der Waals surface area contributed by atoms with E-state index in [1.54, 1.807) is 33.4 Å². The molecule has 0 aliphatic heterocycles. The zero-order chi connectivity index (χ0) is 10.9. The number of amides is 1. The molecule has 4 nitrogen and oxygen atoms in total. The fraction of sp³-hybridized carbons (Fsp3) is 0.556. The maximum absolute atomic E-state index is 9.90. The third-order valence-corrected chi connectivity index (χ3v) is 0.702. The molecule has 0 heterocycles. The Labute approximate surface area is 128 Å². The molecule has 0 aromatic rings. The summed E-state index contributed by atoms with van der Waals surface area (Å²) in [6.07, 6.45) is 1.58. The van der Waals surface area contributed by atoms with Gasteiger partial charge < -0.3 is 16.2 Å². The van der Waals surface area contributed by atoms with E-state index in [1.807, 2.05) is 0 Å². The first-order valence-electron chi connectivity index (χ1n) is 3.92. The smallest absolute Gasteiger partial charge is 0.632 e. The van der Waals surface area contributed by atoms with E-state index in [1.165, 1.54) is 0 Å². The summed E-state index contributed by atoms with van der Waals surface area (Å²) in [7, 11) is 0. The first-order chi connectivity index (χ1) is 5.83. The molecule has 6 heteroatoms. The van der Waals surface area contributed by atoms with Gasteiger partial charge in [0, 0.05) is 18.6 Å². The Hall–Kier alpha value is 0.606. The van der Waals surface area contributed by atoms with Crippen molar-refractivity contribution in [3.8, 4) is 0 Å². The number of carbonyl (C=O) groups is 1. The molecule has 0 aliphatic rings. The number of nitrogens with two attached hydrogens (primary N) is 1. The van der Waals surface area contributed by atoms with Crippen LogP contribution >= 0.6 is 0 Å². The fourth-order valence-electron chi connectivity index (χ4n) is 0.374. The summed E-state index contributed by atoms with van der Waals surface area (Å²) < 4.78 is 4.47. The summed E-state index contributed by atoms with van der Waals surface area (Å²) in [6, 6.07) is 0. The first kappa shape index (κ1) is 24.7. The second-order valence-corrected chi connectivity index (χ2v) is 3.26. The molecule has 0 aromatic carbocycles. The van der Waals surface area contributed by atoms with Crippen LogP contribution in [0.4, 0.5) is 4.79 Å². The molecule has 0 aliphatic carbocycles. The summed E-state index contributed by atoms with van der Waals surface area (Å²) in [4.78, 5) is 9.90. The van der Waals surface area contributed by atoms with Gasteiger partial charge in [-0.3, -0.25) is 11.3 Å². The molecule has 0 unspecified atom stereocenters. The Morgan fingerprint density at radius 1 is 1.60 bits per heavy atom. The second kappa shape index (κ2) is 14.6. The van der Waals surface area contributed by atoms with Crippen molar-refractivity contribution >= 4 is 6.09 Å². The maximum atomic E-state index is 9.90. The molecule has 85 valence electrons. The minimum atomic E-state index is -0.975. The first-order valence-corrected chi connectivity index (χ1v) is 3.92. The van der Waals surface area contributed by atoms with Gasteiger partial charge in [-0.1, -0.05) is 0 Å². The summed E-state index contributed by atoms with van der Waals surface area (Å²) in [6.45, 7) is 10.2. The largest absolute Gasteiger partial charge is 2.00 e. The van der Waals surface area contributed by atoms with E-state index in [4.69, 9.17) is 11.5 Å². The van der Waals surface area contributed by atoms with Crippen LogP contribution < -0.4 is 5.73 Å². The van der Waals surface area contributed by atoms with Gasteiger partial charge in [0.15, 0.2) is 0 Å². The van der Waals surface area contributed by atoms with Crippen LogP contribution in [0.2, 0.25) is 0 Å². The van der Waals surface area contributed by atoms with Gasteiger partial charge in [-0.25, -0.2) is 0 Å². The molecule has 0 atom stereocenters. The van der Waals surface area contributed by atoms with Crippen molar-refractivity contribution in [2.24, 2.45) is 5.73 Å². The van der Waals surface area contributed by atoms with Crippen molar-refractivity contribution in [1.29, 1.82) is 0 Å². The molecule has 1 radical (unpaired) electrons. The molecular formula is C9H18N2O2UV.